The Balaban J connectivity index is 1.39. The Kier molecular flexibility index (Phi) is 5.64. The highest BCUT2D eigenvalue weighted by Crippen LogP contribution is 2.56. The lowest BCUT2D eigenvalue weighted by Crippen LogP contribution is -2.40. The van der Waals surface area contributed by atoms with Crippen LogP contribution < -0.4 is 5.32 Å². The van der Waals surface area contributed by atoms with Crippen molar-refractivity contribution in [3.8, 4) is 11.3 Å². The Morgan fingerprint density at radius 2 is 2.11 bits per heavy atom. The van der Waals surface area contributed by atoms with Gasteiger partial charge in [-0.3, -0.25) is 14.5 Å². The number of nitrogens with one attached hydrogen (secondary N) is 1. The van der Waals surface area contributed by atoms with Gasteiger partial charge in [0.1, 0.15) is 17.0 Å². The molecule has 190 valence electrons. The summed E-state index contributed by atoms with van der Waals surface area (Å²) in [6, 6.07) is 5.49. The summed E-state index contributed by atoms with van der Waals surface area (Å²) in [5, 5.41) is 7.11. The summed E-state index contributed by atoms with van der Waals surface area (Å²) in [6.07, 6.45) is 1.21. The number of halogens is 3. The van der Waals surface area contributed by atoms with Crippen LogP contribution >= 0.6 is 0 Å². The van der Waals surface area contributed by atoms with Gasteiger partial charge in [0.05, 0.1) is 43.7 Å². The molecule has 8 nitrogen and oxygen atoms in total. The van der Waals surface area contributed by atoms with Crippen molar-refractivity contribution in [2.24, 2.45) is 0 Å². The summed E-state index contributed by atoms with van der Waals surface area (Å²) in [4.78, 5) is 17.2. The van der Waals surface area contributed by atoms with Crippen LogP contribution in [-0.2, 0) is 34.0 Å². The molecule has 4 heterocycles. The maximum Gasteiger partial charge on any atom is 0.420 e. The molecule has 1 N–H and O–H groups in total. The molecule has 0 radical (unpaired) electrons. The number of furan rings is 1. The molecule has 1 amide bonds. The van der Waals surface area contributed by atoms with Gasteiger partial charge in [-0.1, -0.05) is 12.5 Å². The minimum Gasteiger partial charge on any atom is -0.454 e. The number of rotatable bonds is 5. The Bertz CT molecular complexity index is 1270. The second-order valence-corrected chi connectivity index (χ2v) is 9.60. The molecule has 3 aromatic heterocycles. The van der Waals surface area contributed by atoms with E-state index in [1.807, 2.05) is 18.3 Å². The molecule has 0 aromatic carbocycles. The summed E-state index contributed by atoms with van der Waals surface area (Å²) in [7, 11) is 0. The molecule has 2 aliphatic carbocycles. The zero-order chi connectivity index (χ0) is 24.9. The van der Waals surface area contributed by atoms with Crippen LogP contribution in [0.2, 0.25) is 0 Å². The third-order valence-corrected chi connectivity index (χ3v) is 7.28. The SMILES string of the molecule is O=C(NC[C@@H]1COCCO1)c1oc2c(c1C(F)(F)F)-c1nn(Cc3ccccn3)cc1C1(CCC1)C2. The molecule has 36 heavy (non-hydrogen) atoms. The molecule has 0 bridgehead atoms. The maximum atomic E-state index is 14.4. The van der Waals surface area contributed by atoms with Crippen molar-refractivity contribution < 1.29 is 31.9 Å². The van der Waals surface area contributed by atoms with E-state index in [0.29, 0.717) is 26.2 Å². The number of alkyl halides is 3. The first-order valence-corrected chi connectivity index (χ1v) is 12.0. The first kappa shape index (κ1) is 23.2. The van der Waals surface area contributed by atoms with Crippen LogP contribution in [0.1, 0.15) is 52.4 Å². The largest absolute Gasteiger partial charge is 0.454 e. The fourth-order valence-corrected chi connectivity index (χ4v) is 5.41. The number of amides is 1. The molecule has 11 heteroatoms. The van der Waals surface area contributed by atoms with Crippen molar-refractivity contribution >= 4 is 5.91 Å². The molecule has 1 aliphatic heterocycles. The van der Waals surface area contributed by atoms with Crippen molar-refractivity contribution in [3.63, 3.8) is 0 Å². The van der Waals surface area contributed by atoms with E-state index in [9.17, 15) is 18.0 Å². The van der Waals surface area contributed by atoms with Crippen molar-refractivity contribution in [1.82, 2.24) is 20.1 Å². The second kappa shape index (κ2) is 8.74. The summed E-state index contributed by atoms with van der Waals surface area (Å²) in [6.45, 7) is 1.44. The fraction of sp³-hybridized carbons (Fsp3) is 0.480. The monoisotopic (exact) mass is 502 g/mol. The number of hydrogen-bond donors (Lipinski definition) is 1. The average Bonchev–Trinajstić information content (AvgIpc) is 3.43. The number of pyridine rings is 1. The number of ether oxygens (including phenoxy) is 2. The van der Waals surface area contributed by atoms with E-state index >= 15 is 0 Å². The molecule has 1 saturated carbocycles. The van der Waals surface area contributed by atoms with Crippen LogP contribution in [0, 0.1) is 0 Å². The van der Waals surface area contributed by atoms with E-state index in [0.717, 1.165) is 30.5 Å². The number of hydrogen-bond acceptors (Lipinski definition) is 6. The Morgan fingerprint density at radius 1 is 1.25 bits per heavy atom. The van der Waals surface area contributed by atoms with Gasteiger partial charge in [-0.05, 0) is 25.0 Å². The fourth-order valence-electron chi connectivity index (χ4n) is 5.41. The number of carbonyl (C=O) groups excluding carboxylic acids is 1. The highest BCUT2D eigenvalue weighted by Gasteiger charge is 2.52. The van der Waals surface area contributed by atoms with Crippen molar-refractivity contribution in [1.29, 1.82) is 0 Å². The molecule has 1 spiro atoms. The summed E-state index contributed by atoms with van der Waals surface area (Å²) < 4.78 is 61.4. The van der Waals surface area contributed by atoms with Gasteiger partial charge in [0, 0.05) is 36.3 Å². The Hall–Kier alpha value is -3.18. The maximum absolute atomic E-state index is 14.4. The minimum absolute atomic E-state index is 0.0232. The number of carbonyl (C=O) groups is 1. The second-order valence-electron chi connectivity index (χ2n) is 9.60. The van der Waals surface area contributed by atoms with E-state index in [1.165, 1.54) is 0 Å². The number of aromatic nitrogens is 3. The van der Waals surface area contributed by atoms with E-state index in [1.54, 1.807) is 16.9 Å². The predicted molar refractivity (Wildman–Crippen MR) is 120 cm³/mol. The summed E-state index contributed by atoms with van der Waals surface area (Å²) >= 11 is 0. The third-order valence-electron chi connectivity index (χ3n) is 7.28. The zero-order valence-electron chi connectivity index (χ0n) is 19.4. The van der Waals surface area contributed by atoms with Crippen LogP contribution in [-0.4, -0.2) is 53.1 Å². The number of fused-ring (bicyclic) bond motifs is 4. The summed E-state index contributed by atoms with van der Waals surface area (Å²) in [5.74, 6) is -1.49. The van der Waals surface area contributed by atoms with Gasteiger partial charge in [-0.25, -0.2) is 0 Å². The molecule has 3 aliphatic rings. The first-order chi connectivity index (χ1) is 17.3. The Labute approximate surface area is 204 Å². The first-order valence-electron chi connectivity index (χ1n) is 12.0. The lowest BCUT2D eigenvalue weighted by atomic mass is 9.59. The minimum atomic E-state index is -4.81. The van der Waals surface area contributed by atoms with E-state index in [4.69, 9.17) is 13.9 Å². The molecular formula is C25H25F3N4O4. The lowest BCUT2D eigenvalue weighted by molar-refractivity contribution is -0.137. The van der Waals surface area contributed by atoms with Gasteiger partial charge in [0.25, 0.3) is 5.91 Å². The zero-order valence-corrected chi connectivity index (χ0v) is 19.4. The van der Waals surface area contributed by atoms with Gasteiger partial charge in [0.15, 0.2) is 0 Å². The number of nitrogens with zero attached hydrogens (tertiary/aromatic N) is 3. The Morgan fingerprint density at radius 3 is 2.78 bits per heavy atom. The average molecular weight is 502 g/mol. The van der Waals surface area contributed by atoms with Crippen LogP contribution in [0.5, 0.6) is 0 Å². The normalized spacial score (nSPS) is 20.5. The van der Waals surface area contributed by atoms with Gasteiger partial charge >= 0.3 is 6.18 Å². The quantitative estimate of drug-likeness (QED) is 0.572. The topological polar surface area (TPSA) is 91.4 Å². The lowest BCUT2D eigenvalue weighted by Gasteiger charge is -2.43. The molecule has 0 unspecified atom stereocenters. The molecule has 1 saturated heterocycles. The smallest absolute Gasteiger partial charge is 0.420 e. The van der Waals surface area contributed by atoms with Crippen molar-refractivity contribution in [2.45, 2.75) is 49.9 Å². The van der Waals surface area contributed by atoms with Crippen LogP contribution in [0.4, 0.5) is 13.2 Å². The van der Waals surface area contributed by atoms with Crippen LogP contribution in [0.15, 0.2) is 35.0 Å². The van der Waals surface area contributed by atoms with Crippen LogP contribution in [0.25, 0.3) is 11.3 Å². The van der Waals surface area contributed by atoms with Gasteiger partial charge in [0.2, 0.25) is 5.76 Å². The molecule has 2 fully saturated rings. The van der Waals surface area contributed by atoms with Gasteiger partial charge < -0.3 is 19.2 Å². The van der Waals surface area contributed by atoms with Crippen molar-refractivity contribution in [3.05, 3.63) is 58.9 Å². The predicted octanol–water partition coefficient (Wildman–Crippen LogP) is 3.73. The van der Waals surface area contributed by atoms with E-state index in [-0.39, 0.29) is 35.6 Å². The molecular weight excluding hydrogens is 477 g/mol. The standard InChI is InChI=1S/C25H25F3N4O4/c26-25(27,28)20-19-18(36-22(20)23(33)30-11-16-14-34-8-9-35-16)10-24(5-3-6-24)17-13-32(31-21(17)19)12-15-4-1-2-7-29-15/h1-2,4,7,13,16H,3,5-6,8-12,14H2,(H,30,33)/t16-/m1/s1. The van der Waals surface area contributed by atoms with Gasteiger partial charge in [-0.2, -0.15) is 18.3 Å². The van der Waals surface area contributed by atoms with E-state index < -0.39 is 29.5 Å². The molecule has 6 rings (SSSR count). The van der Waals surface area contributed by atoms with E-state index in [2.05, 4.69) is 15.4 Å². The van der Waals surface area contributed by atoms with Crippen molar-refractivity contribution in [2.75, 3.05) is 26.4 Å². The highest BCUT2D eigenvalue weighted by molar-refractivity contribution is 5.96. The van der Waals surface area contributed by atoms with Gasteiger partial charge in [-0.15, -0.1) is 0 Å². The molecule has 3 aromatic rings. The highest BCUT2D eigenvalue weighted by atomic mass is 19.4. The molecule has 1 atom stereocenters. The summed E-state index contributed by atoms with van der Waals surface area (Å²) in [5.41, 5.74) is 0.241. The third kappa shape index (κ3) is 4.00. The van der Waals surface area contributed by atoms with Crippen LogP contribution in [0.3, 0.4) is 0 Å².